The molecule has 0 aliphatic carbocycles. The van der Waals surface area contributed by atoms with Crippen LogP contribution in [0.2, 0.25) is 5.02 Å². The van der Waals surface area contributed by atoms with E-state index < -0.39 is 11.9 Å². The quantitative estimate of drug-likeness (QED) is 0.406. The Morgan fingerprint density at radius 3 is 2.72 bits per heavy atom. The van der Waals surface area contributed by atoms with Gasteiger partial charge in [0.05, 0.1) is 12.8 Å². The van der Waals surface area contributed by atoms with E-state index >= 15 is 0 Å². The summed E-state index contributed by atoms with van der Waals surface area (Å²) in [6, 6.07) is 13.4. The number of imide groups is 1. The Kier molecular flexibility index (Phi) is 4.82. The number of urea groups is 1. The number of fused-ring (bicyclic) bond motifs is 1. The van der Waals surface area contributed by atoms with Gasteiger partial charge in [-0.25, -0.2) is 9.69 Å². The minimum atomic E-state index is -0.554. The number of nitrogens with one attached hydrogen (secondary N) is 1. The number of carbonyl (C=O) groups excluding carboxylic acids is 3. The van der Waals surface area contributed by atoms with Gasteiger partial charge in [-0.3, -0.25) is 9.59 Å². The molecule has 1 aromatic heterocycles. The van der Waals surface area contributed by atoms with Crippen LogP contribution in [0.5, 0.6) is 0 Å². The van der Waals surface area contributed by atoms with Crippen molar-refractivity contribution >= 4 is 52.2 Å². The van der Waals surface area contributed by atoms with Gasteiger partial charge in [0.2, 0.25) is 0 Å². The fourth-order valence-corrected chi connectivity index (χ4v) is 3.45. The summed E-state index contributed by atoms with van der Waals surface area (Å²) >= 11 is 5.98. The van der Waals surface area contributed by atoms with Gasteiger partial charge in [-0.1, -0.05) is 35.9 Å². The number of halogens is 1. The lowest BCUT2D eigenvalue weighted by Gasteiger charge is -2.11. The molecule has 1 aliphatic rings. The first-order valence-corrected chi connectivity index (χ1v) is 9.13. The van der Waals surface area contributed by atoms with Crippen LogP contribution in [-0.4, -0.2) is 29.6 Å². The predicted molar refractivity (Wildman–Crippen MR) is 109 cm³/mol. The molecule has 8 heteroatoms. The third-order valence-electron chi connectivity index (χ3n) is 4.59. The van der Waals surface area contributed by atoms with Crippen LogP contribution in [0.1, 0.15) is 5.56 Å². The van der Waals surface area contributed by atoms with Crippen LogP contribution in [0, 0.1) is 0 Å². The second kappa shape index (κ2) is 7.44. The van der Waals surface area contributed by atoms with Crippen LogP contribution >= 0.6 is 11.6 Å². The Hall–Kier alpha value is -3.58. The number of benzene rings is 2. The molecule has 1 saturated heterocycles. The van der Waals surface area contributed by atoms with Crippen molar-refractivity contribution in [2.75, 3.05) is 12.0 Å². The van der Waals surface area contributed by atoms with E-state index in [9.17, 15) is 14.4 Å². The van der Waals surface area contributed by atoms with Crippen molar-refractivity contribution in [3.05, 3.63) is 71.0 Å². The van der Waals surface area contributed by atoms with Crippen molar-refractivity contribution in [2.24, 2.45) is 0 Å². The van der Waals surface area contributed by atoms with Gasteiger partial charge in [0.1, 0.15) is 12.2 Å². The van der Waals surface area contributed by atoms with Crippen LogP contribution in [0.15, 0.2) is 60.4 Å². The molecule has 2 heterocycles. The molecule has 3 amide bonds. The second-order valence-electron chi connectivity index (χ2n) is 6.41. The first-order valence-electron chi connectivity index (χ1n) is 8.75. The van der Waals surface area contributed by atoms with Crippen molar-refractivity contribution in [3.8, 4) is 0 Å². The van der Waals surface area contributed by atoms with E-state index in [1.807, 2.05) is 24.3 Å². The van der Waals surface area contributed by atoms with Gasteiger partial charge in [-0.05, 0) is 30.3 Å². The largest absolute Gasteiger partial charge is 0.468 e. The lowest BCUT2D eigenvalue weighted by molar-refractivity contribution is -0.141. The summed E-state index contributed by atoms with van der Waals surface area (Å²) in [4.78, 5) is 38.0. The molecular formula is C21H16ClN3O4. The molecule has 1 N–H and O–H groups in total. The van der Waals surface area contributed by atoms with Crippen molar-refractivity contribution in [1.29, 1.82) is 0 Å². The highest BCUT2D eigenvalue weighted by Crippen LogP contribution is 2.27. The Bertz CT molecular complexity index is 1180. The molecule has 0 bridgehead atoms. The molecule has 4 rings (SSSR count). The van der Waals surface area contributed by atoms with E-state index in [0.717, 1.165) is 15.8 Å². The van der Waals surface area contributed by atoms with E-state index in [0.29, 0.717) is 16.3 Å². The highest BCUT2D eigenvalue weighted by atomic mass is 35.5. The molecule has 0 saturated carbocycles. The topological polar surface area (TPSA) is 80.6 Å². The standard InChI is InChI=1S/C21H16ClN3O4/c1-29-19(26)12-24-11-13(16-7-2-3-8-18(16)24)9-17-20(27)25(21(28)23-17)15-6-4-5-14(22)10-15/h2-11H,12H2,1H3,(H,23,28)/b17-9-. The smallest absolute Gasteiger partial charge is 0.333 e. The molecule has 3 aromatic rings. The Labute approximate surface area is 171 Å². The highest BCUT2D eigenvalue weighted by Gasteiger charge is 2.35. The molecule has 2 aromatic carbocycles. The SMILES string of the molecule is COC(=O)Cn1cc(/C=C2\NC(=O)N(c3cccc(Cl)c3)C2=O)c2ccccc21. The Morgan fingerprint density at radius 1 is 1.17 bits per heavy atom. The van der Waals surface area contributed by atoms with Crippen LogP contribution in [0.3, 0.4) is 0 Å². The predicted octanol–water partition coefficient (Wildman–Crippen LogP) is 3.57. The van der Waals surface area contributed by atoms with E-state index in [1.165, 1.54) is 7.11 Å². The summed E-state index contributed by atoms with van der Waals surface area (Å²) < 4.78 is 6.49. The Balaban J connectivity index is 1.73. The molecule has 29 heavy (non-hydrogen) atoms. The molecule has 0 spiro atoms. The first kappa shape index (κ1) is 18.8. The number of anilines is 1. The lowest BCUT2D eigenvalue weighted by atomic mass is 10.1. The summed E-state index contributed by atoms with van der Waals surface area (Å²) in [6.07, 6.45) is 3.34. The molecule has 0 atom stereocenters. The fraction of sp³-hybridized carbons (Fsp3) is 0.0952. The third kappa shape index (κ3) is 3.48. The summed E-state index contributed by atoms with van der Waals surface area (Å²) in [6.45, 7) is 0.0368. The zero-order valence-electron chi connectivity index (χ0n) is 15.4. The minimum absolute atomic E-state index is 0.0368. The fourth-order valence-electron chi connectivity index (χ4n) is 3.26. The average molecular weight is 410 g/mol. The highest BCUT2D eigenvalue weighted by molar-refractivity contribution is 6.32. The number of nitrogens with zero attached hydrogens (tertiary/aromatic N) is 2. The summed E-state index contributed by atoms with van der Waals surface area (Å²) in [5.41, 5.74) is 2.03. The van der Waals surface area contributed by atoms with Gasteiger partial charge in [-0.2, -0.15) is 0 Å². The van der Waals surface area contributed by atoms with E-state index in [1.54, 1.807) is 41.1 Å². The Morgan fingerprint density at radius 2 is 1.97 bits per heavy atom. The number of methoxy groups -OCH3 is 1. The number of ether oxygens (including phenoxy) is 1. The number of carbonyl (C=O) groups is 3. The monoisotopic (exact) mass is 409 g/mol. The van der Waals surface area contributed by atoms with Crippen molar-refractivity contribution in [3.63, 3.8) is 0 Å². The first-order chi connectivity index (χ1) is 14.0. The van der Waals surface area contributed by atoms with Gasteiger partial charge < -0.3 is 14.6 Å². The summed E-state index contributed by atoms with van der Waals surface area (Å²) in [5.74, 6) is -0.871. The lowest BCUT2D eigenvalue weighted by Crippen LogP contribution is -2.30. The number of amides is 3. The molecule has 0 unspecified atom stereocenters. The number of hydrogen-bond acceptors (Lipinski definition) is 4. The molecular weight excluding hydrogens is 394 g/mol. The van der Waals surface area contributed by atoms with E-state index in [4.69, 9.17) is 16.3 Å². The van der Waals surface area contributed by atoms with Gasteiger partial charge in [-0.15, -0.1) is 0 Å². The van der Waals surface area contributed by atoms with Crippen molar-refractivity contribution < 1.29 is 19.1 Å². The zero-order chi connectivity index (χ0) is 20.5. The van der Waals surface area contributed by atoms with Crippen molar-refractivity contribution in [1.82, 2.24) is 9.88 Å². The maximum absolute atomic E-state index is 12.8. The zero-order valence-corrected chi connectivity index (χ0v) is 16.1. The molecule has 0 radical (unpaired) electrons. The summed E-state index contributed by atoms with van der Waals surface area (Å²) in [7, 11) is 1.33. The van der Waals surface area contributed by atoms with Crippen LogP contribution in [0.4, 0.5) is 10.5 Å². The molecule has 1 fully saturated rings. The normalized spacial score (nSPS) is 15.2. The number of rotatable bonds is 4. The van der Waals surface area contributed by atoms with Crippen LogP contribution < -0.4 is 10.2 Å². The maximum atomic E-state index is 12.8. The molecule has 146 valence electrons. The maximum Gasteiger partial charge on any atom is 0.333 e. The van der Waals surface area contributed by atoms with Crippen LogP contribution in [-0.2, 0) is 20.9 Å². The molecule has 7 nitrogen and oxygen atoms in total. The second-order valence-corrected chi connectivity index (χ2v) is 6.85. The van der Waals surface area contributed by atoms with Gasteiger partial charge in [0, 0.05) is 27.7 Å². The minimum Gasteiger partial charge on any atom is -0.468 e. The molecule has 1 aliphatic heterocycles. The number of esters is 1. The van der Waals surface area contributed by atoms with Crippen molar-refractivity contribution in [2.45, 2.75) is 6.54 Å². The summed E-state index contributed by atoms with van der Waals surface area (Å²) in [5, 5.41) is 3.86. The van der Waals surface area contributed by atoms with Crippen LogP contribution in [0.25, 0.3) is 17.0 Å². The average Bonchev–Trinajstić information content (AvgIpc) is 3.19. The van der Waals surface area contributed by atoms with Gasteiger partial charge in [0.25, 0.3) is 5.91 Å². The van der Waals surface area contributed by atoms with Gasteiger partial charge >= 0.3 is 12.0 Å². The number of aromatic nitrogens is 1. The number of hydrogen-bond donors (Lipinski definition) is 1. The third-order valence-corrected chi connectivity index (χ3v) is 4.83. The van der Waals surface area contributed by atoms with Gasteiger partial charge in [0.15, 0.2) is 0 Å². The van der Waals surface area contributed by atoms with E-state index in [-0.39, 0.29) is 18.2 Å². The number of para-hydroxylation sites is 1. The van der Waals surface area contributed by atoms with E-state index in [2.05, 4.69) is 5.32 Å².